The van der Waals surface area contributed by atoms with Gasteiger partial charge >= 0.3 is 0 Å². The van der Waals surface area contributed by atoms with Crippen LogP contribution >= 0.6 is 11.3 Å². The lowest BCUT2D eigenvalue weighted by atomic mass is 10.2. The Kier molecular flexibility index (Phi) is 4.66. The second-order valence-corrected chi connectivity index (χ2v) is 5.94. The fourth-order valence-corrected chi connectivity index (χ4v) is 2.97. The van der Waals surface area contributed by atoms with Crippen molar-refractivity contribution in [1.29, 1.82) is 0 Å². The van der Waals surface area contributed by atoms with Gasteiger partial charge in [-0.3, -0.25) is 4.98 Å². The van der Waals surface area contributed by atoms with Crippen molar-refractivity contribution in [2.75, 3.05) is 6.54 Å². The smallest absolute Gasteiger partial charge is 0.123 e. The molecule has 0 radical (unpaired) electrons. The molecule has 0 fully saturated rings. The molecule has 0 aromatic carbocycles. The molecule has 0 aliphatic carbocycles. The largest absolute Gasteiger partial charge is 0.309 e. The first-order valence-corrected chi connectivity index (χ1v) is 7.56. The number of aromatic nitrogens is 2. The Hall–Kier alpha value is -1.26. The maximum absolute atomic E-state index is 4.55. The highest BCUT2D eigenvalue weighted by Gasteiger charge is 2.11. The number of nitrogens with one attached hydrogen (secondary N) is 1. The maximum atomic E-state index is 4.55. The number of rotatable bonds is 5. The van der Waals surface area contributed by atoms with Gasteiger partial charge in [0.2, 0.25) is 0 Å². The molecule has 2 aromatic rings. The lowest BCUT2D eigenvalue weighted by Crippen LogP contribution is -2.18. The maximum Gasteiger partial charge on any atom is 0.123 e. The first-order valence-electron chi connectivity index (χ1n) is 6.75. The molecule has 2 heterocycles. The summed E-state index contributed by atoms with van der Waals surface area (Å²) in [6.45, 7) is 9.46. The van der Waals surface area contributed by atoms with E-state index in [4.69, 9.17) is 0 Å². The number of hydrogen-bond acceptors (Lipinski definition) is 4. The summed E-state index contributed by atoms with van der Waals surface area (Å²) in [5, 5.41) is 4.57. The first kappa shape index (κ1) is 14.2. The Morgan fingerprint density at radius 2 is 1.95 bits per heavy atom. The summed E-state index contributed by atoms with van der Waals surface area (Å²) in [6, 6.07) is 4.56. The van der Waals surface area contributed by atoms with Crippen molar-refractivity contribution in [2.24, 2.45) is 0 Å². The zero-order valence-electron chi connectivity index (χ0n) is 12.0. The SMILES string of the molecule is CCCNC(C)c1cnc(-c2cc(C)nc(C)c2)s1. The average Bonchev–Trinajstić information content (AvgIpc) is 2.84. The fourth-order valence-electron chi connectivity index (χ4n) is 2.04. The van der Waals surface area contributed by atoms with E-state index in [0.29, 0.717) is 6.04 Å². The zero-order chi connectivity index (χ0) is 13.8. The lowest BCUT2D eigenvalue weighted by molar-refractivity contribution is 0.577. The van der Waals surface area contributed by atoms with Gasteiger partial charge in [0, 0.05) is 34.1 Å². The number of nitrogens with zero attached hydrogens (tertiary/aromatic N) is 2. The van der Waals surface area contributed by atoms with E-state index >= 15 is 0 Å². The standard InChI is InChI=1S/C15H21N3S/c1-5-6-16-12(4)14-9-17-15(19-14)13-7-10(2)18-11(3)8-13/h7-9,12,16H,5-6H2,1-4H3. The Labute approximate surface area is 119 Å². The van der Waals surface area contributed by atoms with Crippen molar-refractivity contribution in [3.8, 4) is 10.6 Å². The van der Waals surface area contributed by atoms with E-state index in [2.05, 4.69) is 41.3 Å². The molecule has 3 nitrogen and oxygen atoms in total. The van der Waals surface area contributed by atoms with Crippen LogP contribution in [0.1, 0.15) is 42.6 Å². The Bertz CT molecular complexity index is 528. The predicted octanol–water partition coefficient (Wildman–Crippen LogP) is 3.88. The summed E-state index contributed by atoms with van der Waals surface area (Å²) in [5.41, 5.74) is 3.26. The fraction of sp³-hybridized carbons (Fsp3) is 0.467. The molecule has 19 heavy (non-hydrogen) atoms. The molecule has 1 unspecified atom stereocenters. The van der Waals surface area contributed by atoms with Crippen LogP contribution in [0.3, 0.4) is 0 Å². The van der Waals surface area contributed by atoms with Crippen molar-refractivity contribution in [3.63, 3.8) is 0 Å². The van der Waals surface area contributed by atoms with Crippen LogP contribution in [0.2, 0.25) is 0 Å². The van der Waals surface area contributed by atoms with E-state index in [0.717, 1.165) is 29.4 Å². The Morgan fingerprint density at radius 1 is 1.26 bits per heavy atom. The number of aryl methyl sites for hydroxylation is 2. The monoisotopic (exact) mass is 275 g/mol. The molecule has 0 aliphatic heterocycles. The summed E-state index contributed by atoms with van der Waals surface area (Å²) in [4.78, 5) is 10.2. The molecule has 2 aromatic heterocycles. The van der Waals surface area contributed by atoms with Crippen molar-refractivity contribution in [1.82, 2.24) is 15.3 Å². The van der Waals surface area contributed by atoms with E-state index in [-0.39, 0.29) is 0 Å². The molecule has 102 valence electrons. The predicted molar refractivity (Wildman–Crippen MR) is 81.5 cm³/mol. The second-order valence-electron chi connectivity index (χ2n) is 4.88. The van der Waals surface area contributed by atoms with E-state index < -0.39 is 0 Å². The minimum atomic E-state index is 0.371. The van der Waals surface area contributed by atoms with Gasteiger partial charge in [-0.25, -0.2) is 4.98 Å². The van der Waals surface area contributed by atoms with Gasteiger partial charge in [-0.15, -0.1) is 11.3 Å². The molecule has 0 bridgehead atoms. The molecular formula is C15H21N3S. The highest BCUT2D eigenvalue weighted by atomic mass is 32.1. The molecule has 0 aliphatic rings. The number of thiazole rings is 1. The van der Waals surface area contributed by atoms with Gasteiger partial charge in [-0.1, -0.05) is 6.92 Å². The molecule has 0 spiro atoms. The van der Waals surface area contributed by atoms with E-state index in [9.17, 15) is 0 Å². The molecule has 1 N–H and O–H groups in total. The van der Waals surface area contributed by atoms with Gasteiger partial charge in [0.05, 0.1) is 0 Å². The topological polar surface area (TPSA) is 37.8 Å². The molecule has 0 saturated heterocycles. The van der Waals surface area contributed by atoms with Crippen LogP contribution in [-0.4, -0.2) is 16.5 Å². The van der Waals surface area contributed by atoms with E-state index in [1.165, 1.54) is 10.4 Å². The molecule has 4 heteroatoms. The highest BCUT2D eigenvalue weighted by Crippen LogP contribution is 2.29. The first-order chi connectivity index (χ1) is 9.10. The number of pyridine rings is 1. The molecular weight excluding hydrogens is 254 g/mol. The third kappa shape index (κ3) is 3.61. The van der Waals surface area contributed by atoms with Crippen molar-refractivity contribution in [3.05, 3.63) is 34.6 Å². The van der Waals surface area contributed by atoms with Gasteiger partial charge < -0.3 is 5.32 Å². The van der Waals surface area contributed by atoms with Gasteiger partial charge in [0.1, 0.15) is 5.01 Å². The van der Waals surface area contributed by atoms with Gasteiger partial charge in [-0.05, 0) is 45.9 Å². The highest BCUT2D eigenvalue weighted by molar-refractivity contribution is 7.15. The normalized spacial score (nSPS) is 12.6. The minimum Gasteiger partial charge on any atom is -0.309 e. The zero-order valence-corrected chi connectivity index (χ0v) is 12.8. The van der Waals surface area contributed by atoms with Crippen molar-refractivity contribution in [2.45, 2.75) is 40.2 Å². The minimum absolute atomic E-state index is 0.371. The van der Waals surface area contributed by atoms with Crippen LogP contribution < -0.4 is 5.32 Å². The molecule has 1 atom stereocenters. The van der Waals surface area contributed by atoms with Gasteiger partial charge in [0.25, 0.3) is 0 Å². The third-order valence-corrected chi connectivity index (χ3v) is 4.21. The lowest BCUT2D eigenvalue weighted by Gasteiger charge is -2.09. The van der Waals surface area contributed by atoms with Crippen LogP contribution in [0, 0.1) is 13.8 Å². The van der Waals surface area contributed by atoms with E-state index in [1.54, 1.807) is 11.3 Å². The van der Waals surface area contributed by atoms with Crippen LogP contribution in [-0.2, 0) is 0 Å². The summed E-state index contributed by atoms with van der Waals surface area (Å²) in [5.74, 6) is 0. The van der Waals surface area contributed by atoms with Crippen LogP contribution in [0.15, 0.2) is 18.3 Å². The molecule has 0 amide bonds. The quantitative estimate of drug-likeness (QED) is 0.899. The summed E-state index contributed by atoms with van der Waals surface area (Å²) in [7, 11) is 0. The summed E-state index contributed by atoms with van der Waals surface area (Å²) >= 11 is 1.76. The Morgan fingerprint density at radius 3 is 2.58 bits per heavy atom. The van der Waals surface area contributed by atoms with Crippen molar-refractivity contribution >= 4 is 11.3 Å². The van der Waals surface area contributed by atoms with Gasteiger partial charge in [-0.2, -0.15) is 0 Å². The summed E-state index contributed by atoms with van der Waals surface area (Å²) < 4.78 is 0. The Balaban J connectivity index is 2.20. The second kappa shape index (κ2) is 6.26. The van der Waals surface area contributed by atoms with Crippen LogP contribution in [0.4, 0.5) is 0 Å². The van der Waals surface area contributed by atoms with E-state index in [1.807, 2.05) is 20.0 Å². The molecule has 0 saturated carbocycles. The average molecular weight is 275 g/mol. The van der Waals surface area contributed by atoms with Crippen LogP contribution in [0.5, 0.6) is 0 Å². The summed E-state index contributed by atoms with van der Waals surface area (Å²) in [6.07, 6.45) is 3.14. The third-order valence-electron chi connectivity index (χ3n) is 2.98. The molecule has 2 rings (SSSR count). The van der Waals surface area contributed by atoms with Gasteiger partial charge in [0.15, 0.2) is 0 Å². The van der Waals surface area contributed by atoms with Crippen molar-refractivity contribution < 1.29 is 0 Å². The number of hydrogen-bond donors (Lipinski definition) is 1. The van der Waals surface area contributed by atoms with Crippen LogP contribution in [0.25, 0.3) is 10.6 Å².